The van der Waals surface area contributed by atoms with Crippen LogP contribution in [0.5, 0.6) is 0 Å². The number of fused-ring (bicyclic) bond motifs is 2. The topological polar surface area (TPSA) is 25.2 Å². The number of hydrogen-bond donors (Lipinski definition) is 1. The fourth-order valence-electron chi connectivity index (χ4n) is 3.94. The van der Waals surface area contributed by atoms with Gasteiger partial charge >= 0.3 is 0 Å². The van der Waals surface area contributed by atoms with Crippen LogP contribution in [0, 0.1) is 23.6 Å². The van der Waals surface area contributed by atoms with Crippen LogP contribution >= 0.6 is 0 Å². The second-order valence-electron chi connectivity index (χ2n) is 6.35. The number of rotatable bonds is 4. The van der Waals surface area contributed by atoms with Gasteiger partial charge in [0.05, 0.1) is 6.04 Å². The van der Waals surface area contributed by atoms with Gasteiger partial charge in [0, 0.05) is 5.39 Å². The number of hydrogen-bond acceptors (Lipinski definition) is 2. The SMILES string of the molecule is CCNC(c1cc2cc(F)ccc2o1)C1CC2CC2C1. The first-order chi connectivity index (χ1) is 9.74. The molecular weight excluding hydrogens is 253 g/mol. The Hall–Kier alpha value is -1.35. The Balaban J connectivity index is 1.66. The minimum atomic E-state index is -0.202. The van der Waals surface area contributed by atoms with Gasteiger partial charge < -0.3 is 9.73 Å². The first kappa shape index (κ1) is 12.4. The minimum Gasteiger partial charge on any atom is -0.459 e. The van der Waals surface area contributed by atoms with Crippen molar-refractivity contribution in [3.05, 3.63) is 35.8 Å². The lowest BCUT2D eigenvalue weighted by Gasteiger charge is -2.23. The summed E-state index contributed by atoms with van der Waals surface area (Å²) in [5.41, 5.74) is 0.785. The highest BCUT2D eigenvalue weighted by Gasteiger charge is 2.48. The Morgan fingerprint density at radius 2 is 2.05 bits per heavy atom. The lowest BCUT2D eigenvalue weighted by molar-refractivity contribution is 0.305. The Kier molecular flexibility index (Phi) is 2.84. The average molecular weight is 273 g/mol. The van der Waals surface area contributed by atoms with Crippen LogP contribution in [0.2, 0.25) is 0 Å². The maximum atomic E-state index is 13.3. The van der Waals surface area contributed by atoms with Crippen molar-refractivity contribution in [2.45, 2.75) is 32.2 Å². The number of halogens is 1. The van der Waals surface area contributed by atoms with Crippen LogP contribution < -0.4 is 5.32 Å². The molecule has 1 aromatic heterocycles. The standard InChI is InChI=1S/C17H20FNO/c1-2-19-17(13-6-10-5-11(10)7-13)16-9-12-8-14(18)3-4-15(12)20-16/h3-4,8-11,13,17,19H,2,5-7H2,1H3. The smallest absolute Gasteiger partial charge is 0.134 e. The molecule has 106 valence electrons. The average Bonchev–Trinajstić information content (AvgIpc) is 2.87. The highest BCUT2D eigenvalue weighted by atomic mass is 19.1. The normalized spacial score (nSPS) is 29.6. The van der Waals surface area contributed by atoms with Crippen molar-refractivity contribution < 1.29 is 8.81 Å². The Labute approximate surface area is 118 Å². The fourth-order valence-corrected chi connectivity index (χ4v) is 3.94. The predicted octanol–water partition coefficient (Wildman–Crippen LogP) is 4.27. The molecule has 20 heavy (non-hydrogen) atoms. The van der Waals surface area contributed by atoms with E-state index in [0.717, 1.165) is 35.1 Å². The van der Waals surface area contributed by atoms with Crippen LogP contribution in [0.4, 0.5) is 4.39 Å². The van der Waals surface area contributed by atoms with Gasteiger partial charge in [-0.15, -0.1) is 0 Å². The Bertz CT molecular complexity index is 625. The minimum absolute atomic E-state index is 0.202. The summed E-state index contributed by atoms with van der Waals surface area (Å²) in [5.74, 6) is 3.36. The summed E-state index contributed by atoms with van der Waals surface area (Å²) < 4.78 is 19.3. The molecule has 0 bridgehead atoms. The molecule has 2 nitrogen and oxygen atoms in total. The zero-order valence-corrected chi connectivity index (χ0v) is 11.7. The number of nitrogens with one attached hydrogen (secondary N) is 1. The zero-order valence-electron chi connectivity index (χ0n) is 11.7. The summed E-state index contributed by atoms with van der Waals surface area (Å²) in [6, 6.07) is 7.03. The summed E-state index contributed by atoms with van der Waals surface area (Å²) in [4.78, 5) is 0. The number of furan rings is 1. The van der Waals surface area contributed by atoms with E-state index in [1.165, 1.54) is 25.3 Å². The molecule has 1 heterocycles. The van der Waals surface area contributed by atoms with Crippen LogP contribution in [-0.2, 0) is 0 Å². The van der Waals surface area contributed by atoms with E-state index >= 15 is 0 Å². The molecule has 1 N–H and O–H groups in total. The third kappa shape index (κ3) is 2.05. The quantitative estimate of drug-likeness (QED) is 0.900. The molecule has 3 atom stereocenters. The monoisotopic (exact) mass is 273 g/mol. The van der Waals surface area contributed by atoms with Crippen LogP contribution in [0.15, 0.2) is 28.7 Å². The molecule has 0 radical (unpaired) electrons. The maximum Gasteiger partial charge on any atom is 0.134 e. The molecule has 2 saturated carbocycles. The Morgan fingerprint density at radius 1 is 1.25 bits per heavy atom. The van der Waals surface area contributed by atoms with Gasteiger partial charge in [-0.2, -0.15) is 0 Å². The van der Waals surface area contributed by atoms with Crippen molar-refractivity contribution in [3.8, 4) is 0 Å². The zero-order chi connectivity index (χ0) is 13.7. The molecule has 0 saturated heterocycles. The molecule has 2 aliphatic rings. The van der Waals surface area contributed by atoms with Crippen LogP contribution in [0.1, 0.15) is 38.0 Å². The molecular formula is C17H20FNO. The van der Waals surface area contributed by atoms with Gasteiger partial charge in [-0.25, -0.2) is 4.39 Å². The molecule has 1 aromatic carbocycles. The van der Waals surface area contributed by atoms with Gasteiger partial charge in [0.1, 0.15) is 17.2 Å². The summed E-state index contributed by atoms with van der Waals surface area (Å²) >= 11 is 0. The van der Waals surface area contributed by atoms with Crippen LogP contribution in [0.25, 0.3) is 11.0 Å². The van der Waals surface area contributed by atoms with Crippen molar-refractivity contribution in [2.75, 3.05) is 6.54 Å². The molecule has 0 aliphatic heterocycles. The molecule has 0 amide bonds. The van der Waals surface area contributed by atoms with Gasteiger partial charge in [0.25, 0.3) is 0 Å². The van der Waals surface area contributed by atoms with E-state index in [9.17, 15) is 4.39 Å². The van der Waals surface area contributed by atoms with Crippen molar-refractivity contribution >= 4 is 11.0 Å². The number of benzene rings is 1. The van der Waals surface area contributed by atoms with E-state index in [0.29, 0.717) is 5.92 Å². The van der Waals surface area contributed by atoms with E-state index in [-0.39, 0.29) is 11.9 Å². The molecule has 3 heteroatoms. The molecule has 3 unspecified atom stereocenters. The largest absolute Gasteiger partial charge is 0.459 e. The van der Waals surface area contributed by atoms with Gasteiger partial charge in [0.15, 0.2) is 0 Å². The highest BCUT2D eigenvalue weighted by Crippen LogP contribution is 2.57. The molecule has 0 spiro atoms. The van der Waals surface area contributed by atoms with Crippen molar-refractivity contribution in [1.82, 2.24) is 5.32 Å². The van der Waals surface area contributed by atoms with Gasteiger partial charge in [-0.05, 0) is 67.8 Å². The van der Waals surface area contributed by atoms with Crippen LogP contribution in [-0.4, -0.2) is 6.54 Å². The van der Waals surface area contributed by atoms with E-state index in [1.807, 2.05) is 6.07 Å². The lowest BCUT2D eigenvalue weighted by Crippen LogP contribution is -2.27. The molecule has 2 aliphatic carbocycles. The van der Waals surface area contributed by atoms with Gasteiger partial charge in [0.2, 0.25) is 0 Å². The van der Waals surface area contributed by atoms with E-state index < -0.39 is 0 Å². The lowest BCUT2D eigenvalue weighted by atomic mass is 9.92. The van der Waals surface area contributed by atoms with Gasteiger partial charge in [-0.3, -0.25) is 0 Å². The van der Waals surface area contributed by atoms with Crippen molar-refractivity contribution in [2.24, 2.45) is 17.8 Å². The van der Waals surface area contributed by atoms with E-state index in [1.54, 1.807) is 12.1 Å². The third-order valence-electron chi connectivity index (χ3n) is 4.98. The van der Waals surface area contributed by atoms with Crippen molar-refractivity contribution in [1.29, 1.82) is 0 Å². The third-order valence-corrected chi connectivity index (χ3v) is 4.98. The first-order valence-electron chi connectivity index (χ1n) is 7.67. The molecule has 2 fully saturated rings. The van der Waals surface area contributed by atoms with Crippen LogP contribution in [0.3, 0.4) is 0 Å². The summed E-state index contributed by atoms with van der Waals surface area (Å²) in [7, 11) is 0. The van der Waals surface area contributed by atoms with E-state index in [4.69, 9.17) is 4.42 Å². The second-order valence-corrected chi connectivity index (χ2v) is 6.35. The second kappa shape index (κ2) is 4.59. The first-order valence-corrected chi connectivity index (χ1v) is 7.67. The van der Waals surface area contributed by atoms with Gasteiger partial charge in [-0.1, -0.05) is 6.92 Å². The molecule has 2 aromatic rings. The predicted molar refractivity (Wildman–Crippen MR) is 76.9 cm³/mol. The molecule has 4 rings (SSSR count). The maximum absolute atomic E-state index is 13.3. The summed E-state index contributed by atoms with van der Waals surface area (Å²) in [6.45, 7) is 3.06. The highest BCUT2D eigenvalue weighted by molar-refractivity contribution is 5.78. The summed E-state index contributed by atoms with van der Waals surface area (Å²) in [5, 5.41) is 4.44. The fraction of sp³-hybridized carbons (Fsp3) is 0.529. The Morgan fingerprint density at radius 3 is 2.80 bits per heavy atom. The summed E-state index contributed by atoms with van der Waals surface area (Å²) in [6.07, 6.45) is 4.06. The van der Waals surface area contributed by atoms with E-state index in [2.05, 4.69) is 12.2 Å². The van der Waals surface area contributed by atoms with Crippen molar-refractivity contribution in [3.63, 3.8) is 0 Å².